The number of piperidine rings is 1. The van der Waals surface area contributed by atoms with Gasteiger partial charge in [0, 0.05) is 56.0 Å². The fourth-order valence-electron chi connectivity index (χ4n) is 6.63. The molecule has 0 aromatic heterocycles. The fourth-order valence-corrected chi connectivity index (χ4v) is 6.94. The van der Waals surface area contributed by atoms with E-state index in [0.29, 0.717) is 54.8 Å². The van der Waals surface area contributed by atoms with Gasteiger partial charge < -0.3 is 19.4 Å². The molecule has 3 fully saturated rings. The SMILES string of the molecule is Cc1ccc(-c2ccccc2OC(=O)N(C)[C@H]2CN(C(=O)C3CCN(C(=O)C4(C)CC4)CC3)C[C@@H]2c2ccc(Cl)c(Cl)c2)cc1. The standard InChI is InChI=1S/C36H39Cl2N3O4/c1-23-8-10-24(11-9-23)27-6-4-5-7-32(27)45-35(44)39(3)31-22-41(21-28(31)26-12-13-29(37)30(38)20-26)33(42)25-14-18-40(19-15-25)34(43)36(2)16-17-36/h4-13,20,25,28,31H,14-19,21-22H2,1-3H3/t28-,31+/m1/s1. The van der Waals surface area contributed by atoms with Gasteiger partial charge in [0.2, 0.25) is 11.8 Å². The van der Waals surface area contributed by atoms with Crippen molar-refractivity contribution < 1.29 is 19.1 Å². The Hall–Kier alpha value is -3.55. The van der Waals surface area contributed by atoms with E-state index in [1.807, 2.05) is 78.2 Å². The summed E-state index contributed by atoms with van der Waals surface area (Å²) in [6.07, 6.45) is 2.69. The third-order valence-electron chi connectivity index (χ3n) is 9.85. The average molecular weight is 649 g/mol. The molecule has 0 N–H and O–H groups in total. The van der Waals surface area contributed by atoms with Crippen molar-refractivity contribution in [3.05, 3.63) is 87.9 Å². The molecule has 45 heavy (non-hydrogen) atoms. The Balaban J connectivity index is 1.19. The number of carbonyl (C=O) groups excluding carboxylic acids is 3. The summed E-state index contributed by atoms with van der Waals surface area (Å²) in [5, 5.41) is 0.876. The first-order valence-corrected chi connectivity index (χ1v) is 16.4. The molecule has 7 nitrogen and oxygen atoms in total. The molecule has 0 bridgehead atoms. The molecule has 3 aromatic rings. The molecule has 2 aliphatic heterocycles. The second kappa shape index (κ2) is 12.7. The summed E-state index contributed by atoms with van der Waals surface area (Å²) in [7, 11) is 1.72. The first kappa shape index (κ1) is 31.4. The molecule has 9 heteroatoms. The number of carbonyl (C=O) groups is 3. The van der Waals surface area contributed by atoms with E-state index in [9.17, 15) is 14.4 Å². The van der Waals surface area contributed by atoms with Gasteiger partial charge in [0.15, 0.2) is 0 Å². The molecule has 3 amide bonds. The first-order chi connectivity index (χ1) is 21.5. The predicted octanol–water partition coefficient (Wildman–Crippen LogP) is 7.43. The molecule has 0 unspecified atom stereocenters. The smallest absolute Gasteiger partial charge is 0.410 e. The number of benzene rings is 3. The van der Waals surface area contributed by atoms with Crippen LogP contribution in [0.5, 0.6) is 5.75 Å². The lowest BCUT2D eigenvalue weighted by Crippen LogP contribution is -2.46. The van der Waals surface area contributed by atoms with Gasteiger partial charge in [-0.05, 0) is 61.9 Å². The van der Waals surface area contributed by atoms with Crippen molar-refractivity contribution in [1.82, 2.24) is 14.7 Å². The molecular weight excluding hydrogens is 609 g/mol. The van der Waals surface area contributed by atoms with Crippen LogP contribution in [0.2, 0.25) is 10.0 Å². The quantitative estimate of drug-likeness (QED) is 0.279. The van der Waals surface area contributed by atoms with Crippen molar-refractivity contribution in [2.45, 2.75) is 51.5 Å². The van der Waals surface area contributed by atoms with Crippen molar-refractivity contribution in [3.8, 4) is 16.9 Å². The number of rotatable bonds is 6. The Morgan fingerprint density at radius 1 is 0.889 bits per heavy atom. The van der Waals surface area contributed by atoms with Crippen molar-refractivity contribution in [1.29, 1.82) is 0 Å². The summed E-state index contributed by atoms with van der Waals surface area (Å²) >= 11 is 12.7. The van der Waals surface area contributed by atoms with E-state index >= 15 is 0 Å². The number of halogens is 2. The molecule has 236 valence electrons. The normalized spacial score (nSPS) is 21.0. The van der Waals surface area contributed by atoms with Crippen LogP contribution in [0.15, 0.2) is 66.7 Å². The molecule has 6 rings (SSSR count). The van der Waals surface area contributed by atoms with Crippen LogP contribution in [0.4, 0.5) is 4.79 Å². The van der Waals surface area contributed by atoms with Gasteiger partial charge in [0.05, 0.1) is 16.1 Å². The van der Waals surface area contributed by atoms with E-state index in [2.05, 4.69) is 0 Å². The number of likely N-dealkylation sites (N-methyl/N-ethyl adjacent to an activating group) is 1. The highest BCUT2D eigenvalue weighted by molar-refractivity contribution is 6.42. The topological polar surface area (TPSA) is 70.2 Å². The average Bonchev–Trinajstić information content (AvgIpc) is 3.65. The minimum Gasteiger partial charge on any atom is -0.410 e. The summed E-state index contributed by atoms with van der Waals surface area (Å²) in [6, 6.07) is 20.7. The van der Waals surface area contributed by atoms with Crippen LogP contribution in [0, 0.1) is 18.3 Å². The lowest BCUT2D eigenvalue weighted by atomic mass is 9.93. The van der Waals surface area contributed by atoms with Gasteiger partial charge in [0.1, 0.15) is 5.75 Å². The van der Waals surface area contributed by atoms with Gasteiger partial charge in [-0.15, -0.1) is 0 Å². The number of nitrogens with zero attached hydrogens (tertiary/aromatic N) is 3. The number of amides is 3. The van der Waals surface area contributed by atoms with Crippen molar-refractivity contribution in [2.75, 3.05) is 33.2 Å². The van der Waals surface area contributed by atoms with Crippen LogP contribution < -0.4 is 4.74 Å². The van der Waals surface area contributed by atoms with Crippen LogP contribution in [0.3, 0.4) is 0 Å². The molecule has 3 aliphatic rings. The maximum Gasteiger partial charge on any atom is 0.415 e. The number of aryl methyl sites for hydroxylation is 1. The third kappa shape index (κ3) is 6.56. The maximum absolute atomic E-state index is 13.9. The van der Waals surface area contributed by atoms with Gasteiger partial charge in [0.25, 0.3) is 0 Å². The highest BCUT2D eigenvalue weighted by Gasteiger charge is 2.48. The zero-order valence-electron chi connectivity index (χ0n) is 26.0. The van der Waals surface area contributed by atoms with Crippen LogP contribution in [-0.2, 0) is 9.59 Å². The Labute approximate surface area is 275 Å². The minimum atomic E-state index is -0.501. The minimum absolute atomic E-state index is 0.0683. The van der Waals surface area contributed by atoms with E-state index in [-0.39, 0.29) is 35.1 Å². The molecule has 0 spiro atoms. The van der Waals surface area contributed by atoms with Gasteiger partial charge in [-0.25, -0.2) is 4.79 Å². The van der Waals surface area contributed by atoms with E-state index in [0.717, 1.165) is 35.1 Å². The Kier molecular flexibility index (Phi) is 8.86. The predicted molar refractivity (Wildman–Crippen MR) is 177 cm³/mol. The molecule has 1 aliphatic carbocycles. The second-order valence-corrected chi connectivity index (χ2v) is 13.9. The number of ether oxygens (including phenoxy) is 1. The fraction of sp³-hybridized carbons (Fsp3) is 0.417. The van der Waals surface area contributed by atoms with Gasteiger partial charge in [-0.2, -0.15) is 0 Å². The highest BCUT2D eigenvalue weighted by atomic mass is 35.5. The maximum atomic E-state index is 13.9. The van der Waals surface area contributed by atoms with Crippen molar-refractivity contribution in [3.63, 3.8) is 0 Å². The Bertz CT molecular complexity index is 1600. The zero-order valence-corrected chi connectivity index (χ0v) is 27.5. The van der Waals surface area contributed by atoms with Crippen molar-refractivity contribution >= 4 is 41.1 Å². The molecular formula is C36H39Cl2N3O4. The molecule has 2 saturated heterocycles. The Morgan fingerprint density at radius 3 is 2.24 bits per heavy atom. The summed E-state index contributed by atoms with van der Waals surface area (Å²) < 4.78 is 6.01. The van der Waals surface area contributed by atoms with Gasteiger partial charge in [-0.1, -0.05) is 84.2 Å². The lowest BCUT2D eigenvalue weighted by molar-refractivity contribution is -0.142. The van der Waals surface area contributed by atoms with Crippen LogP contribution in [0.1, 0.15) is 49.7 Å². The summed E-state index contributed by atoms with van der Waals surface area (Å²) in [5.41, 5.74) is 3.63. The summed E-state index contributed by atoms with van der Waals surface area (Å²) in [5.74, 6) is 0.409. The highest BCUT2D eigenvalue weighted by Crippen LogP contribution is 2.47. The monoisotopic (exact) mass is 647 g/mol. The first-order valence-electron chi connectivity index (χ1n) is 15.7. The van der Waals surface area contributed by atoms with E-state index in [1.165, 1.54) is 0 Å². The van der Waals surface area contributed by atoms with Gasteiger partial charge in [-0.3, -0.25) is 9.59 Å². The zero-order chi connectivity index (χ0) is 31.9. The number of para-hydroxylation sites is 1. The number of hydrogen-bond donors (Lipinski definition) is 0. The second-order valence-electron chi connectivity index (χ2n) is 13.1. The van der Waals surface area contributed by atoms with Crippen LogP contribution in [0.25, 0.3) is 11.1 Å². The van der Waals surface area contributed by atoms with E-state index in [4.69, 9.17) is 27.9 Å². The third-order valence-corrected chi connectivity index (χ3v) is 10.6. The number of hydrogen-bond acceptors (Lipinski definition) is 4. The lowest BCUT2D eigenvalue weighted by Gasteiger charge is -2.34. The molecule has 0 radical (unpaired) electrons. The van der Waals surface area contributed by atoms with Gasteiger partial charge >= 0.3 is 6.09 Å². The molecule has 3 aromatic carbocycles. The van der Waals surface area contributed by atoms with Crippen molar-refractivity contribution in [2.24, 2.45) is 11.3 Å². The number of likely N-dealkylation sites (tertiary alicyclic amines) is 2. The van der Waals surface area contributed by atoms with E-state index < -0.39 is 6.09 Å². The van der Waals surface area contributed by atoms with Crippen LogP contribution in [-0.4, -0.2) is 71.9 Å². The summed E-state index contributed by atoms with van der Waals surface area (Å²) in [6.45, 7) is 6.07. The summed E-state index contributed by atoms with van der Waals surface area (Å²) in [4.78, 5) is 45.8. The molecule has 2 heterocycles. The molecule has 2 atom stereocenters. The largest absolute Gasteiger partial charge is 0.415 e. The van der Waals surface area contributed by atoms with E-state index in [1.54, 1.807) is 24.1 Å². The molecule has 1 saturated carbocycles. The Morgan fingerprint density at radius 2 is 1.58 bits per heavy atom. The van der Waals surface area contributed by atoms with Crippen LogP contribution >= 0.6 is 23.2 Å².